The van der Waals surface area contributed by atoms with Gasteiger partial charge in [-0.15, -0.1) is 4.57 Å². The van der Waals surface area contributed by atoms with Gasteiger partial charge in [0.1, 0.15) is 11.0 Å². The number of carbonyl (C=O) groups excluding carboxylic acids is 2. The van der Waals surface area contributed by atoms with Crippen LogP contribution < -0.4 is 35.2 Å². The van der Waals surface area contributed by atoms with Gasteiger partial charge in [-0.2, -0.15) is 0 Å². The number of aryl methyl sites for hydroxylation is 3. The summed E-state index contributed by atoms with van der Waals surface area (Å²) >= 11 is 0. The van der Waals surface area contributed by atoms with Crippen molar-refractivity contribution in [1.82, 2.24) is 20.5 Å². The van der Waals surface area contributed by atoms with E-state index in [1.54, 1.807) is 0 Å². The number of likely N-dealkylation sites (N-methyl/N-ethyl adjacent to an activating group) is 1. The number of allylic oxidation sites excluding steroid dienone is 3. The Hall–Kier alpha value is -8.77. The number of carbonyl (C=O) groups is 2. The van der Waals surface area contributed by atoms with Gasteiger partial charge in [-0.25, -0.2) is 4.98 Å². The first-order valence-corrected chi connectivity index (χ1v) is 29.9. The van der Waals surface area contributed by atoms with Gasteiger partial charge in [-0.05, 0) is 154 Å². The molecule has 434 valence electrons. The number of unbranched alkanes of at least 4 members (excludes halogenated alkanes) is 6. The minimum absolute atomic E-state index is 0.0614. The number of hydrogen-bond donors (Lipinski definition) is 3. The molecule has 0 aliphatic heterocycles. The second kappa shape index (κ2) is 28.0. The van der Waals surface area contributed by atoms with E-state index in [2.05, 4.69) is 201 Å². The highest BCUT2D eigenvalue weighted by Gasteiger charge is 2.24. The molecule has 0 atom stereocenters. The molecule has 12 nitrogen and oxygen atoms in total. The fourth-order valence-electron chi connectivity index (χ4n) is 11.5. The molecule has 0 saturated carbocycles. The molecule has 0 spiro atoms. The number of aliphatic imine (C=N–C) groups is 1. The molecule has 1 aliphatic carbocycles. The van der Waals surface area contributed by atoms with Crippen LogP contribution in [-0.2, 0) is 0 Å². The van der Waals surface area contributed by atoms with E-state index in [0.717, 1.165) is 138 Å². The van der Waals surface area contributed by atoms with E-state index in [-0.39, 0.29) is 11.8 Å². The molecule has 0 unspecified atom stereocenters. The second-order valence-electron chi connectivity index (χ2n) is 23.0. The highest BCUT2D eigenvalue weighted by molar-refractivity contribution is 6.01. The van der Waals surface area contributed by atoms with Crippen molar-refractivity contribution in [2.75, 3.05) is 88.5 Å². The second-order valence-corrected chi connectivity index (χ2v) is 23.0. The van der Waals surface area contributed by atoms with Gasteiger partial charge in [-0.3, -0.25) is 14.6 Å². The summed E-state index contributed by atoms with van der Waals surface area (Å²) in [6.45, 7) is 11.8. The maximum absolute atomic E-state index is 13.1. The number of aromatic nitrogens is 2. The van der Waals surface area contributed by atoms with Crippen LogP contribution >= 0.6 is 0 Å². The number of benzene rings is 7. The number of fused-ring (bicyclic) bond motifs is 2. The first-order valence-electron chi connectivity index (χ1n) is 29.9. The lowest BCUT2D eigenvalue weighted by Crippen LogP contribution is -2.34. The molecule has 12 heteroatoms. The third-order valence-electron chi connectivity index (χ3n) is 16.1. The van der Waals surface area contributed by atoms with E-state index in [4.69, 9.17) is 9.98 Å². The van der Waals surface area contributed by atoms with Crippen molar-refractivity contribution in [3.05, 3.63) is 197 Å². The minimum atomic E-state index is -0.0643. The summed E-state index contributed by atoms with van der Waals surface area (Å²) in [6, 6.07) is 49.6. The number of para-hydroxylation sites is 2. The maximum Gasteiger partial charge on any atom is 0.251 e. The predicted molar refractivity (Wildman–Crippen MR) is 353 cm³/mol. The molecule has 9 rings (SSSR count). The van der Waals surface area contributed by atoms with Gasteiger partial charge in [-0.1, -0.05) is 92.4 Å². The van der Waals surface area contributed by atoms with Crippen LogP contribution in [0.25, 0.3) is 38.9 Å². The number of anilines is 5. The van der Waals surface area contributed by atoms with E-state index >= 15 is 0 Å². The average molecular weight is 1120 g/mol. The highest BCUT2D eigenvalue weighted by atomic mass is 16.2. The third-order valence-corrected chi connectivity index (χ3v) is 16.1. The Kier molecular flexibility index (Phi) is 19.9. The largest absolute Gasteiger partial charge is 0.377 e. The van der Waals surface area contributed by atoms with Crippen LogP contribution in [0, 0.1) is 20.8 Å². The van der Waals surface area contributed by atoms with Crippen LogP contribution in [-0.4, -0.2) is 95.9 Å². The zero-order chi connectivity index (χ0) is 59.3. The smallest absolute Gasteiger partial charge is 0.251 e. The molecule has 0 fully saturated rings. The molecule has 1 aliphatic rings. The number of rotatable bonds is 25. The van der Waals surface area contributed by atoms with Crippen molar-refractivity contribution in [1.29, 1.82) is 0 Å². The molecule has 2 amide bonds. The van der Waals surface area contributed by atoms with Crippen molar-refractivity contribution in [2.45, 2.75) is 85.5 Å². The van der Waals surface area contributed by atoms with Gasteiger partial charge in [0.2, 0.25) is 16.7 Å². The summed E-state index contributed by atoms with van der Waals surface area (Å²) in [5.41, 5.74) is 22.1. The van der Waals surface area contributed by atoms with Gasteiger partial charge < -0.3 is 35.6 Å². The molecule has 7 aromatic carbocycles. The summed E-state index contributed by atoms with van der Waals surface area (Å²) in [6.07, 6.45) is 13.5. The zero-order valence-corrected chi connectivity index (χ0v) is 51.2. The topological polar surface area (TPSA) is 112 Å². The van der Waals surface area contributed by atoms with Gasteiger partial charge in [0.15, 0.2) is 0 Å². The molecular weight excluding hydrogens is 1040 g/mol. The third kappa shape index (κ3) is 14.9. The van der Waals surface area contributed by atoms with E-state index in [0.29, 0.717) is 24.2 Å². The van der Waals surface area contributed by atoms with E-state index in [1.165, 1.54) is 39.3 Å². The molecule has 0 saturated heterocycles. The zero-order valence-electron chi connectivity index (χ0n) is 51.2. The Balaban J connectivity index is 0.661. The Morgan fingerprint density at radius 3 is 1.57 bits per heavy atom. The van der Waals surface area contributed by atoms with Crippen LogP contribution in [0.2, 0.25) is 0 Å². The van der Waals surface area contributed by atoms with E-state index in [9.17, 15) is 9.59 Å². The fraction of sp³-hybridized carbons (Fsp3) is 0.319. The van der Waals surface area contributed by atoms with Crippen LogP contribution in [0.1, 0.15) is 102 Å². The summed E-state index contributed by atoms with van der Waals surface area (Å²) < 4.78 is 2.35. The molecule has 0 radical (unpaired) electrons. The maximum atomic E-state index is 13.1. The molecule has 1 heterocycles. The Labute approximate surface area is 498 Å². The summed E-state index contributed by atoms with van der Waals surface area (Å²) in [5, 5.41) is 9.83. The van der Waals surface area contributed by atoms with Crippen LogP contribution in [0.4, 0.5) is 34.1 Å². The van der Waals surface area contributed by atoms with Crippen molar-refractivity contribution in [2.24, 2.45) is 4.99 Å². The first kappa shape index (κ1) is 59.8. The van der Waals surface area contributed by atoms with Crippen LogP contribution in [0.3, 0.4) is 0 Å². The van der Waals surface area contributed by atoms with Gasteiger partial charge in [0, 0.05) is 144 Å². The lowest BCUT2D eigenvalue weighted by Gasteiger charge is -2.26. The summed E-state index contributed by atoms with van der Waals surface area (Å²) in [4.78, 5) is 45.6. The molecular formula is C72H85N10O2+. The first-order chi connectivity index (χ1) is 40.6. The monoisotopic (exact) mass is 1120 g/mol. The van der Waals surface area contributed by atoms with Crippen molar-refractivity contribution in [3.63, 3.8) is 0 Å². The number of hydrogen-bond acceptors (Lipinski definition) is 9. The Morgan fingerprint density at radius 1 is 0.536 bits per heavy atom. The van der Waals surface area contributed by atoms with Crippen molar-refractivity contribution < 1.29 is 14.2 Å². The van der Waals surface area contributed by atoms with E-state index < -0.39 is 0 Å². The van der Waals surface area contributed by atoms with Crippen molar-refractivity contribution in [3.8, 4) is 16.8 Å². The van der Waals surface area contributed by atoms with Gasteiger partial charge in [0.05, 0.1) is 11.4 Å². The Bertz CT molecular complexity index is 3680. The SMILES string of the molecule is CC1=CC(=Nc2cc(C)c(N(C)C)cc2Nc2ccccc2)CC=C1N(C)CCCCCCNC(=O)c1ccc(-c2ccc(C(=O)NCCCCCCN(C)c3cc4c(cc3C)nc3cc(C)c(N(C)C)cc3[n+]4-c3ccccc3)cc2)cc1. The lowest BCUT2D eigenvalue weighted by atomic mass is 10.0. The standard InChI is InChI=1S/C72H84N10O2/c1-50-43-59(76-61-44-51(2)66(78(5)6)47-62(61)75-58-25-17-15-18-26-58)37-38-65(50)80(9)41-23-13-11-21-39-73-71(83)56-33-29-54(30-34-56)55-31-35-57(36-32-55)72(84)74-40-22-12-14-24-42-81(10)68-49-70-64(46-53(68)4)77-63-45-52(3)67(79(7)8)48-69(63)82(70)60-27-19-16-20-28-60/h15-20,25-36,38,43-49,75H,11-14,21-24,37,39-42H2,1-10H3,(H-,73,74,83,84)/p+1. The molecule has 1 aromatic heterocycles. The van der Waals surface area contributed by atoms with Crippen molar-refractivity contribution >= 4 is 73.7 Å². The molecule has 3 N–H and O–H groups in total. The van der Waals surface area contributed by atoms with Crippen LogP contribution in [0.5, 0.6) is 0 Å². The molecule has 0 bridgehead atoms. The minimum Gasteiger partial charge on any atom is -0.377 e. The molecule has 84 heavy (non-hydrogen) atoms. The van der Waals surface area contributed by atoms with Gasteiger partial charge in [0.25, 0.3) is 11.8 Å². The predicted octanol–water partition coefficient (Wildman–Crippen LogP) is 14.8. The van der Waals surface area contributed by atoms with E-state index in [1.807, 2.05) is 66.7 Å². The quantitative estimate of drug-likeness (QED) is 0.0295. The molecule has 8 aromatic rings. The lowest BCUT2D eigenvalue weighted by molar-refractivity contribution is -0.538. The normalized spacial score (nSPS) is 12.7. The average Bonchev–Trinajstić information content (AvgIpc) is 3.48. The fourth-order valence-corrected chi connectivity index (χ4v) is 11.5. The number of nitrogens with zero attached hydrogens (tertiary/aromatic N) is 7. The van der Waals surface area contributed by atoms with Gasteiger partial charge >= 0.3 is 0 Å². The highest BCUT2D eigenvalue weighted by Crippen LogP contribution is 2.36. The summed E-state index contributed by atoms with van der Waals surface area (Å²) in [5.74, 6) is -0.126. The number of nitrogens with one attached hydrogen (secondary N) is 3. The van der Waals surface area contributed by atoms with Crippen LogP contribution in [0.15, 0.2) is 174 Å². The summed E-state index contributed by atoms with van der Waals surface area (Å²) in [7, 11) is 12.7. The Morgan fingerprint density at radius 2 is 1.02 bits per heavy atom. The number of amides is 2.